The first-order valence-electron chi connectivity index (χ1n) is 9.55. The first kappa shape index (κ1) is 19.4. The summed E-state index contributed by atoms with van der Waals surface area (Å²) in [5.74, 6) is 0.444. The Hall–Kier alpha value is -2.34. The summed E-state index contributed by atoms with van der Waals surface area (Å²) in [4.78, 5) is 22.8. The zero-order chi connectivity index (χ0) is 19.2. The fourth-order valence-electron chi connectivity index (χ4n) is 3.83. The molecule has 3 rings (SSSR count). The summed E-state index contributed by atoms with van der Waals surface area (Å²) in [6, 6.07) is 5.66. The number of fused-ring (bicyclic) bond motifs is 1. The van der Waals surface area contributed by atoms with Gasteiger partial charge in [-0.15, -0.1) is 0 Å². The highest BCUT2D eigenvalue weighted by atomic mass is 16.7. The lowest BCUT2D eigenvalue weighted by molar-refractivity contribution is -0.137. The number of ketones is 1. The summed E-state index contributed by atoms with van der Waals surface area (Å²) in [7, 11) is 0. The van der Waals surface area contributed by atoms with Crippen LogP contribution in [0.15, 0.2) is 24.3 Å². The van der Waals surface area contributed by atoms with Crippen LogP contribution >= 0.6 is 0 Å². The Kier molecular flexibility index (Phi) is 6.50. The number of Topliss-reactive ketones (excluding diaryl/α,β-unsaturated/α-hetero) is 1. The van der Waals surface area contributed by atoms with E-state index < -0.39 is 12.1 Å². The van der Waals surface area contributed by atoms with Crippen LogP contribution < -0.4 is 9.47 Å². The van der Waals surface area contributed by atoms with Crippen LogP contribution in [0.3, 0.4) is 0 Å². The van der Waals surface area contributed by atoms with Crippen LogP contribution in [-0.2, 0) is 9.59 Å². The Morgan fingerprint density at radius 2 is 1.93 bits per heavy atom. The fourth-order valence-corrected chi connectivity index (χ4v) is 3.83. The molecule has 1 aliphatic heterocycles. The number of carboxylic acids is 1. The lowest BCUT2D eigenvalue weighted by Crippen LogP contribution is -2.18. The molecule has 1 saturated carbocycles. The van der Waals surface area contributed by atoms with E-state index in [1.54, 1.807) is 0 Å². The predicted octanol–water partition coefficient (Wildman–Crippen LogP) is 3.42. The van der Waals surface area contributed by atoms with Crippen LogP contribution in [-0.4, -0.2) is 34.9 Å². The molecule has 0 spiro atoms. The molecule has 0 amide bonds. The Morgan fingerprint density at radius 1 is 1.15 bits per heavy atom. The smallest absolute Gasteiger partial charge is 0.303 e. The molecule has 1 fully saturated rings. The molecular formula is C21H26O6. The molecule has 0 aromatic heterocycles. The molecule has 2 aliphatic rings. The third-order valence-corrected chi connectivity index (χ3v) is 5.30. The minimum absolute atomic E-state index is 0.119. The Balaban J connectivity index is 1.54. The quantitative estimate of drug-likeness (QED) is 0.644. The molecule has 3 atom stereocenters. The van der Waals surface area contributed by atoms with Crippen LogP contribution in [0, 0.1) is 11.8 Å². The molecule has 1 aromatic rings. The maximum absolute atomic E-state index is 12.3. The summed E-state index contributed by atoms with van der Waals surface area (Å²) in [6.07, 6.45) is 7.66. The van der Waals surface area contributed by atoms with Gasteiger partial charge in [-0.05, 0) is 30.5 Å². The van der Waals surface area contributed by atoms with Gasteiger partial charge < -0.3 is 19.7 Å². The minimum Gasteiger partial charge on any atom is -0.481 e. The number of aliphatic carboxylic acids is 1. The number of carbonyl (C=O) groups excluding carboxylic acids is 1. The van der Waals surface area contributed by atoms with Crippen molar-refractivity contribution >= 4 is 17.8 Å². The van der Waals surface area contributed by atoms with Gasteiger partial charge in [0.25, 0.3) is 0 Å². The lowest BCUT2D eigenvalue weighted by Gasteiger charge is -2.17. The second kappa shape index (κ2) is 9.04. The van der Waals surface area contributed by atoms with E-state index in [9.17, 15) is 14.7 Å². The number of ether oxygens (including phenoxy) is 2. The number of hydrogen-bond acceptors (Lipinski definition) is 5. The van der Waals surface area contributed by atoms with E-state index in [0.717, 1.165) is 37.0 Å². The molecule has 1 aliphatic carbocycles. The average Bonchev–Trinajstić information content (AvgIpc) is 3.19. The highest BCUT2D eigenvalue weighted by molar-refractivity contribution is 5.85. The number of carbonyl (C=O) groups is 2. The van der Waals surface area contributed by atoms with Crippen LogP contribution in [0.25, 0.3) is 6.08 Å². The van der Waals surface area contributed by atoms with Gasteiger partial charge in [0.2, 0.25) is 6.79 Å². The second-order valence-electron chi connectivity index (χ2n) is 7.24. The van der Waals surface area contributed by atoms with Crippen molar-refractivity contribution in [3.05, 3.63) is 29.8 Å². The molecule has 1 aromatic carbocycles. The van der Waals surface area contributed by atoms with Crippen molar-refractivity contribution in [1.82, 2.24) is 0 Å². The maximum Gasteiger partial charge on any atom is 0.303 e. The van der Waals surface area contributed by atoms with E-state index in [0.29, 0.717) is 12.2 Å². The third-order valence-electron chi connectivity index (χ3n) is 5.30. The van der Waals surface area contributed by atoms with Crippen LogP contribution in [0.2, 0.25) is 0 Å². The molecule has 2 N–H and O–H groups in total. The summed E-state index contributed by atoms with van der Waals surface area (Å²) in [5.41, 5.74) is 0.943. The fraction of sp³-hybridized carbons (Fsp3) is 0.524. The van der Waals surface area contributed by atoms with Crippen molar-refractivity contribution in [1.29, 1.82) is 0 Å². The van der Waals surface area contributed by atoms with Gasteiger partial charge in [0.1, 0.15) is 5.78 Å². The van der Waals surface area contributed by atoms with Gasteiger partial charge >= 0.3 is 5.97 Å². The molecular weight excluding hydrogens is 348 g/mol. The normalized spacial score (nSPS) is 24.0. The molecule has 27 heavy (non-hydrogen) atoms. The Bertz CT molecular complexity index is 711. The summed E-state index contributed by atoms with van der Waals surface area (Å²) < 4.78 is 10.7. The lowest BCUT2D eigenvalue weighted by atomic mass is 9.88. The highest BCUT2D eigenvalue weighted by Gasteiger charge is 2.39. The molecule has 0 saturated heterocycles. The van der Waals surface area contributed by atoms with E-state index in [1.165, 1.54) is 0 Å². The van der Waals surface area contributed by atoms with Gasteiger partial charge in [0.15, 0.2) is 11.5 Å². The van der Waals surface area contributed by atoms with Crippen molar-refractivity contribution in [2.75, 3.05) is 6.79 Å². The van der Waals surface area contributed by atoms with Crippen LogP contribution in [0.4, 0.5) is 0 Å². The van der Waals surface area contributed by atoms with Gasteiger partial charge in [0.05, 0.1) is 6.10 Å². The van der Waals surface area contributed by atoms with Gasteiger partial charge in [-0.25, -0.2) is 0 Å². The summed E-state index contributed by atoms with van der Waals surface area (Å²) in [6.45, 7) is 0.229. The summed E-state index contributed by atoms with van der Waals surface area (Å²) >= 11 is 0. The number of rotatable bonds is 9. The van der Waals surface area contributed by atoms with E-state index >= 15 is 0 Å². The van der Waals surface area contributed by atoms with E-state index in [4.69, 9.17) is 14.6 Å². The summed E-state index contributed by atoms with van der Waals surface area (Å²) in [5, 5.41) is 18.9. The van der Waals surface area contributed by atoms with Gasteiger partial charge in [-0.2, -0.15) is 0 Å². The Labute approximate surface area is 158 Å². The van der Waals surface area contributed by atoms with Crippen molar-refractivity contribution in [3.63, 3.8) is 0 Å². The average molecular weight is 374 g/mol. The second-order valence-corrected chi connectivity index (χ2v) is 7.24. The standard InChI is InChI=1S/C21H26O6/c22-17-12-18(23)16(15(17)5-3-1-2-4-6-21(24)25)9-7-14-8-10-19-20(11-14)27-13-26-19/h7-11,15-16,18,23H,1-6,12-13H2,(H,24,25)/b9-7+. The molecule has 3 unspecified atom stereocenters. The number of benzene rings is 1. The third kappa shape index (κ3) is 5.10. The maximum atomic E-state index is 12.3. The monoisotopic (exact) mass is 374 g/mol. The minimum atomic E-state index is -0.766. The first-order chi connectivity index (χ1) is 13.0. The van der Waals surface area contributed by atoms with Gasteiger partial charge in [-0.1, -0.05) is 37.5 Å². The molecule has 1 heterocycles. The molecule has 0 radical (unpaired) electrons. The molecule has 6 heteroatoms. The predicted molar refractivity (Wildman–Crippen MR) is 99.5 cm³/mol. The van der Waals surface area contributed by atoms with E-state index in [-0.39, 0.29) is 37.3 Å². The van der Waals surface area contributed by atoms with E-state index in [2.05, 4.69) is 0 Å². The molecule has 146 valence electrons. The van der Waals surface area contributed by atoms with Gasteiger partial charge in [-0.3, -0.25) is 9.59 Å². The molecule has 0 bridgehead atoms. The zero-order valence-electron chi connectivity index (χ0n) is 15.3. The first-order valence-corrected chi connectivity index (χ1v) is 9.55. The Morgan fingerprint density at radius 3 is 2.74 bits per heavy atom. The van der Waals surface area contributed by atoms with Crippen molar-refractivity contribution in [3.8, 4) is 11.5 Å². The van der Waals surface area contributed by atoms with Crippen molar-refractivity contribution < 1.29 is 29.3 Å². The number of aliphatic hydroxyl groups is 1. The van der Waals surface area contributed by atoms with Crippen LogP contribution in [0.1, 0.15) is 50.5 Å². The molecule has 6 nitrogen and oxygen atoms in total. The van der Waals surface area contributed by atoms with Crippen molar-refractivity contribution in [2.24, 2.45) is 11.8 Å². The number of carboxylic acid groups (broad SMARTS) is 1. The number of hydrogen-bond donors (Lipinski definition) is 2. The van der Waals surface area contributed by atoms with E-state index in [1.807, 2.05) is 30.4 Å². The largest absolute Gasteiger partial charge is 0.481 e. The zero-order valence-corrected chi connectivity index (χ0v) is 15.3. The van der Waals surface area contributed by atoms with Crippen molar-refractivity contribution in [2.45, 2.75) is 51.0 Å². The number of unbranched alkanes of at least 4 members (excludes halogenated alkanes) is 3. The SMILES string of the molecule is O=C(O)CCCCCCC1C(=O)CC(O)C1/C=C/c1ccc2c(c1)OCO2. The number of aliphatic hydroxyl groups excluding tert-OH is 1. The van der Waals surface area contributed by atoms with Crippen LogP contribution in [0.5, 0.6) is 11.5 Å². The topological polar surface area (TPSA) is 93.1 Å². The van der Waals surface area contributed by atoms with Gasteiger partial charge in [0, 0.05) is 24.7 Å². The highest BCUT2D eigenvalue weighted by Crippen LogP contribution is 2.36.